The van der Waals surface area contributed by atoms with E-state index in [1.807, 2.05) is 37.4 Å². The quantitative estimate of drug-likeness (QED) is 0.773. The summed E-state index contributed by atoms with van der Waals surface area (Å²) in [6.07, 6.45) is 1.82. The fourth-order valence-electron chi connectivity index (χ4n) is 2.98. The van der Waals surface area contributed by atoms with Gasteiger partial charge in [-0.25, -0.2) is 4.39 Å². The molecule has 1 amide bonds. The summed E-state index contributed by atoms with van der Waals surface area (Å²) in [5.74, 6) is -0.357. The Balaban J connectivity index is 1.95. The molecule has 24 heavy (non-hydrogen) atoms. The van der Waals surface area contributed by atoms with E-state index in [4.69, 9.17) is 0 Å². The molecule has 0 saturated heterocycles. The average molecular weight is 318 g/mol. The van der Waals surface area contributed by atoms with Crippen molar-refractivity contribution in [3.8, 4) is 22.4 Å². The van der Waals surface area contributed by atoms with E-state index in [1.165, 1.54) is 12.1 Å². The molecule has 2 aromatic carbocycles. The molecule has 1 aliphatic heterocycles. The smallest absolute Gasteiger partial charge is 0.251 e. The number of aromatic nitrogens is 1. The number of hydrogen-bond acceptors (Lipinski definition) is 2. The number of benzene rings is 2. The minimum atomic E-state index is -0.285. The van der Waals surface area contributed by atoms with Crippen LogP contribution in [0.25, 0.3) is 22.4 Å². The molecule has 3 aromatic rings. The van der Waals surface area contributed by atoms with Gasteiger partial charge in [0.15, 0.2) is 0 Å². The summed E-state index contributed by atoms with van der Waals surface area (Å²) in [6.45, 7) is 2.51. The van der Waals surface area contributed by atoms with E-state index in [-0.39, 0.29) is 11.7 Å². The second-order valence-corrected chi connectivity index (χ2v) is 5.97. The number of rotatable bonds is 2. The largest absolute Gasteiger partial charge is 0.348 e. The highest BCUT2D eigenvalue weighted by molar-refractivity contribution is 6.01. The van der Waals surface area contributed by atoms with Gasteiger partial charge >= 0.3 is 0 Å². The third-order valence-electron chi connectivity index (χ3n) is 4.27. The SMILES string of the molecule is Cc1ccc(-c2cc3c(cc2-c2ccc(F)cc2)C(=O)NC3)nc1. The number of halogens is 1. The van der Waals surface area contributed by atoms with Gasteiger partial charge in [0, 0.05) is 23.9 Å². The van der Waals surface area contributed by atoms with Crippen LogP contribution < -0.4 is 5.32 Å². The molecule has 0 radical (unpaired) electrons. The molecule has 0 atom stereocenters. The number of pyridine rings is 1. The maximum atomic E-state index is 13.3. The first-order valence-electron chi connectivity index (χ1n) is 7.76. The Morgan fingerprint density at radius 2 is 1.79 bits per heavy atom. The van der Waals surface area contributed by atoms with Gasteiger partial charge < -0.3 is 5.32 Å². The van der Waals surface area contributed by atoms with Crippen molar-refractivity contribution in [1.29, 1.82) is 0 Å². The summed E-state index contributed by atoms with van der Waals surface area (Å²) >= 11 is 0. The highest BCUT2D eigenvalue weighted by Gasteiger charge is 2.22. The summed E-state index contributed by atoms with van der Waals surface area (Å²) in [5.41, 5.74) is 6.23. The van der Waals surface area contributed by atoms with E-state index in [0.717, 1.165) is 33.5 Å². The van der Waals surface area contributed by atoms with E-state index >= 15 is 0 Å². The first-order valence-corrected chi connectivity index (χ1v) is 7.76. The van der Waals surface area contributed by atoms with Gasteiger partial charge in [-0.2, -0.15) is 0 Å². The molecule has 4 heteroatoms. The molecule has 0 unspecified atom stereocenters. The molecule has 0 bridgehead atoms. The maximum absolute atomic E-state index is 13.3. The normalized spacial score (nSPS) is 12.8. The molecule has 1 aromatic heterocycles. The molecule has 1 aliphatic rings. The van der Waals surface area contributed by atoms with Crippen LogP contribution >= 0.6 is 0 Å². The Morgan fingerprint density at radius 3 is 2.50 bits per heavy atom. The number of nitrogens with zero attached hydrogens (tertiary/aromatic N) is 1. The number of nitrogens with one attached hydrogen (secondary N) is 1. The van der Waals surface area contributed by atoms with Crippen LogP contribution in [0.4, 0.5) is 4.39 Å². The minimum Gasteiger partial charge on any atom is -0.348 e. The molecule has 118 valence electrons. The van der Waals surface area contributed by atoms with Gasteiger partial charge in [-0.05, 0) is 59.5 Å². The van der Waals surface area contributed by atoms with Crippen LogP contribution in [0.5, 0.6) is 0 Å². The topological polar surface area (TPSA) is 42.0 Å². The van der Waals surface area contributed by atoms with Crippen LogP contribution in [0.3, 0.4) is 0 Å². The fraction of sp³-hybridized carbons (Fsp3) is 0.100. The maximum Gasteiger partial charge on any atom is 0.251 e. The Labute approximate surface area is 139 Å². The third kappa shape index (κ3) is 2.46. The fourth-order valence-corrected chi connectivity index (χ4v) is 2.98. The van der Waals surface area contributed by atoms with Crippen LogP contribution in [0, 0.1) is 12.7 Å². The number of amides is 1. The summed E-state index contributed by atoms with van der Waals surface area (Å²) in [5, 5.41) is 2.84. The number of carbonyl (C=O) groups is 1. The number of fused-ring (bicyclic) bond motifs is 1. The van der Waals surface area contributed by atoms with Gasteiger partial charge in [-0.15, -0.1) is 0 Å². The molecule has 2 heterocycles. The standard InChI is InChI=1S/C20H15FN2O/c1-12-2-7-19(22-10-12)18-8-14-11-23-20(24)17(14)9-16(18)13-3-5-15(21)6-4-13/h2-10H,11H2,1H3,(H,23,24). The Morgan fingerprint density at radius 1 is 1.00 bits per heavy atom. The predicted octanol–water partition coefficient (Wildman–Crippen LogP) is 4.11. The van der Waals surface area contributed by atoms with E-state index in [2.05, 4.69) is 10.3 Å². The molecular formula is C20H15FN2O. The zero-order chi connectivity index (χ0) is 16.7. The molecule has 0 spiro atoms. The van der Waals surface area contributed by atoms with Crippen molar-refractivity contribution in [3.05, 3.63) is 77.2 Å². The highest BCUT2D eigenvalue weighted by Crippen LogP contribution is 2.35. The first-order chi connectivity index (χ1) is 11.6. The van der Waals surface area contributed by atoms with Crippen molar-refractivity contribution in [2.75, 3.05) is 0 Å². The van der Waals surface area contributed by atoms with Gasteiger partial charge in [0.2, 0.25) is 0 Å². The van der Waals surface area contributed by atoms with E-state index in [0.29, 0.717) is 12.1 Å². The predicted molar refractivity (Wildman–Crippen MR) is 91.0 cm³/mol. The van der Waals surface area contributed by atoms with E-state index in [9.17, 15) is 9.18 Å². The van der Waals surface area contributed by atoms with Crippen LogP contribution in [0.15, 0.2) is 54.7 Å². The molecule has 0 aliphatic carbocycles. The highest BCUT2D eigenvalue weighted by atomic mass is 19.1. The molecule has 0 fully saturated rings. The summed E-state index contributed by atoms with van der Waals surface area (Å²) in [6, 6.07) is 14.2. The van der Waals surface area contributed by atoms with Gasteiger partial charge in [0.25, 0.3) is 5.91 Å². The minimum absolute atomic E-state index is 0.0724. The third-order valence-corrected chi connectivity index (χ3v) is 4.27. The summed E-state index contributed by atoms with van der Waals surface area (Å²) in [4.78, 5) is 16.5. The van der Waals surface area contributed by atoms with Gasteiger partial charge in [-0.3, -0.25) is 9.78 Å². The van der Waals surface area contributed by atoms with E-state index < -0.39 is 0 Å². The lowest BCUT2D eigenvalue weighted by Crippen LogP contribution is -2.12. The second-order valence-electron chi connectivity index (χ2n) is 5.97. The van der Waals surface area contributed by atoms with Crippen molar-refractivity contribution < 1.29 is 9.18 Å². The van der Waals surface area contributed by atoms with Crippen molar-refractivity contribution in [2.45, 2.75) is 13.5 Å². The van der Waals surface area contributed by atoms with Crippen LogP contribution in [0.1, 0.15) is 21.5 Å². The molecule has 1 N–H and O–H groups in total. The van der Waals surface area contributed by atoms with Gasteiger partial charge in [-0.1, -0.05) is 18.2 Å². The molecular weight excluding hydrogens is 303 g/mol. The van der Waals surface area contributed by atoms with Gasteiger partial charge in [0.1, 0.15) is 5.82 Å². The van der Waals surface area contributed by atoms with Crippen molar-refractivity contribution >= 4 is 5.91 Å². The van der Waals surface area contributed by atoms with Gasteiger partial charge in [0.05, 0.1) is 5.69 Å². The lowest BCUT2D eigenvalue weighted by atomic mass is 9.92. The monoisotopic (exact) mass is 318 g/mol. The summed E-state index contributed by atoms with van der Waals surface area (Å²) < 4.78 is 13.3. The number of carbonyl (C=O) groups excluding carboxylic acids is 1. The average Bonchev–Trinajstić information content (AvgIpc) is 2.96. The number of aryl methyl sites for hydroxylation is 1. The van der Waals surface area contributed by atoms with Crippen LogP contribution in [-0.2, 0) is 6.54 Å². The van der Waals surface area contributed by atoms with Crippen molar-refractivity contribution in [3.63, 3.8) is 0 Å². The van der Waals surface area contributed by atoms with Crippen molar-refractivity contribution in [2.24, 2.45) is 0 Å². The zero-order valence-corrected chi connectivity index (χ0v) is 13.1. The van der Waals surface area contributed by atoms with E-state index in [1.54, 1.807) is 12.1 Å². The first kappa shape index (κ1) is 14.6. The Bertz CT molecular complexity index is 931. The molecule has 3 nitrogen and oxygen atoms in total. The van der Waals surface area contributed by atoms with Crippen LogP contribution in [-0.4, -0.2) is 10.9 Å². The van der Waals surface area contributed by atoms with Crippen molar-refractivity contribution in [1.82, 2.24) is 10.3 Å². The van der Waals surface area contributed by atoms with Crippen LogP contribution in [0.2, 0.25) is 0 Å². The zero-order valence-electron chi connectivity index (χ0n) is 13.1. The number of hydrogen-bond donors (Lipinski definition) is 1. The Hall–Kier alpha value is -3.01. The molecule has 4 rings (SSSR count). The second kappa shape index (κ2) is 5.57. The summed E-state index contributed by atoms with van der Waals surface area (Å²) in [7, 11) is 0. The molecule has 0 saturated carbocycles. The lowest BCUT2D eigenvalue weighted by Gasteiger charge is -2.12. The Kier molecular flexibility index (Phi) is 3.38. The lowest BCUT2D eigenvalue weighted by molar-refractivity contribution is 0.0966.